The lowest BCUT2D eigenvalue weighted by Gasteiger charge is -2.35. The molecule has 1 N–H and O–H groups in total. The Morgan fingerprint density at radius 3 is 2.46 bits per heavy atom. The van der Waals surface area contributed by atoms with Crippen molar-refractivity contribution < 1.29 is 41.6 Å². The van der Waals surface area contributed by atoms with Crippen LogP contribution in [0.4, 0.5) is 4.79 Å². The number of nitrogens with one attached hydrogen (secondary N) is 1. The van der Waals surface area contributed by atoms with Crippen LogP contribution in [0.3, 0.4) is 0 Å². The van der Waals surface area contributed by atoms with E-state index in [1.165, 1.54) is 18.6 Å². The maximum Gasteiger partial charge on any atom is 0.421 e. The van der Waals surface area contributed by atoms with Crippen molar-refractivity contribution in [1.29, 1.82) is 0 Å². The normalized spacial score (nSPS) is 26.6. The molecule has 5 atom stereocenters. The van der Waals surface area contributed by atoms with E-state index in [2.05, 4.69) is 11.8 Å². The van der Waals surface area contributed by atoms with Crippen molar-refractivity contribution in [1.82, 2.24) is 9.62 Å². The van der Waals surface area contributed by atoms with Gasteiger partial charge in [0.25, 0.3) is 10.0 Å². The average Bonchev–Trinajstić information content (AvgIpc) is 3.38. The van der Waals surface area contributed by atoms with Crippen LogP contribution in [0, 0.1) is 6.92 Å². The van der Waals surface area contributed by atoms with Crippen LogP contribution in [0.25, 0.3) is 0 Å². The fourth-order valence-corrected chi connectivity index (χ4v) is 6.09. The number of halogens is 1. The quantitative estimate of drug-likeness (QED) is 0.326. The third-order valence-electron chi connectivity index (χ3n) is 7.30. The van der Waals surface area contributed by atoms with Crippen LogP contribution in [0.15, 0.2) is 29.2 Å². The van der Waals surface area contributed by atoms with Gasteiger partial charge < -0.3 is 28.4 Å². The highest BCUT2D eigenvalue weighted by Crippen LogP contribution is 2.40. The van der Waals surface area contributed by atoms with Gasteiger partial charge in [-0.3, -0.25) is 4.90 Å². The highest BCUT2D eigenvalue weighted by molar-refractivity contribution is 7.90. The minimum Gasteiger partial charge on any atom is -0.441 e. The Morgan fingerprint density at radius 1 is 1.10 bits per heavy atom. The molecule has 234 valence electrons. The molecular formula is C28H45ClN2O9S. The number of morpholine rings is 1. The van der Waals surface area contributed by atoms with E-state index in [-0.39, 0.29) is 17.3 Å². The predicted octanol–water partition coefficient (Wildman–Crippen LogP) is 3.76. The number of unbranched alkanes of at least 4 members (excludes halogenated alkanes) is 4. The Hall–Kier alpha value is -1.51. The fourth-order valence-electron chi connectivity index (χ4n) is 5.21. The topological polar surface area (TPSA) is 122 Å². The third kappa shape index (κ3) is 9.49. The van der Waals surface area contributed by atoms with Gasteiger partial charge in [-0.2, -0.15) is 0 Å². The first-order valence-corrected chi connectivity index (χ1v) is 15.8. The van der Waals surface area contributed by atoms with Gasteiger partial charge in [0.1, 0.15) is 24.4 Å². The summed E-state index contributed by atoms with van der Waals surface area (Å²) in [6.07, 6.45) is 0.991. The van der Waals surface area contributed by atoms with Gasteiger partial charge in [0.2, 0.25) is 0 Å². The number of aryl methyl sites for hydroxylation is 1. The Bertz CT molecular complexity index is 1070. The monoisotopic (exact) mass is 620 g/mol. The van der Waals surface area contributed by atoms with Gasteiger partial charge >= 0.3 is 6.09 Å². The van der Waals surface area contributed by atoms with Crippen molar-refractivity contribution in [3.63, 3.8) is 0 Å². The summed E-state index contributed by atoms with van der Waals surface area (Å²) in [5.41, 5.74) is 0.903. The molecule has 41 heavy (non-hydrogen) atoms. The van der Waals surface area contributed by atoms with E-state index < -0.39 is 52.6 Å². The number of fused-ring (bicyclic) bond motifs is 1. The molecule has 0 aromatic heterocycles. The molecule has 3 fully saturated rings. The van der Waals surface area contributed by atoms with Crippen molar-refractivity contribution in [3.8, 4) is 0 Å². The van der Waals surface area contributed by atoms with Gasteiger partial charge in [-0.1, -0.05) is 50.3 Å². The molecule has 0 saturated carbocycles. The smallest absolute Gasteiger partial charge is 0.421 e. The maximum atomic E-state index is 13.0. The van der Waals surface area contributed by atoms with Gasteiger partial charge in [0.05, 0.1) is 18.1 Å². The van der Waals surface area contributed by atoms with Crippen LogP contribution in [-0.2, 0) is 38.4 Å². The van der Waals surface area contributed by atoms with Gasteiger partial charge in [0.15, 0.2) is 12.1 Å². The average molecular weight is 621 g/mol. The first kappa shape index (κ1) is 34.0. The van der Waals surface area contributed by atoms with E-state index in [1.807, 2.05) is 25.5 Å². The zero-order valence-electron chi connectivity index (χ0n) is 24.4. The Morgan fingerprint density at radius 2 is 1.78 bits per heavy atom. The summed E-state index contributed by atoms with van der Waals surface area (Å²) < 4.78 is 63.8. The molecule has 0 radical (unpaired) electrons. The molecule has 0 bridgehead atoms. The van der Waals surface area contributed by atoms with E-state index in [9.17, 15) is 13.2 Å². The van der Waals surface area contributed by atoms with Crippen molar-refractivity contribution in [2.45, 2.75) is 101 Å². The fraction of sp³-hybridized carbons (Fsp3) is 0.750. The zero-order valence-corrected chi connectivity index (χ0v) is 26.0. The molecule has 1 amide bonds. The summed E-state index contributed by atoms with van der Waals surface area (Å²) in [4.78, 5) is 15.1. The van der Waals surface area contributed by atoms with Gasteiger partial charge in [-0.15, -0.1) is 12.4 Å². The first-order valence-electron chi connectivity index (χ1n) is 14.3. The Labute approximate surface area is 250 Å². The molecule has 0 aliphatic carbocycles. The van der Waals surface area contributed by atoms with Crippen LogP contribution in [-0.4, -0.2) is 95.4 Å². The number of carbonyl (C=O) groups is 1. The number of benzene rings is 1. The molecule has 11 nitrogen and oxygen atoms in total. The zero-order chi connectivity index (χ0) is 28.8. The van der Waals surface area contributed by atoms with E-state index >= 15 is 0 Å². The lowest BCUT2D eigenvalue weighted by atomic mass is 10.0. The summed E-state index contributed by atoms with van der Waals surface area (Å²) in [5, 5.41) is 0. The Balaban J connectivity index is 0.00000462. The molecule has 1 aromatic rings. The number of rotatable bonds is 13. The summed E-state index contributed by atoms with van der Waals surface area (Å²) >= 11 is 0. The van der Waals surface area contributed by atoms with Gasteiger partial charge in [0, 0.05) is 26.2 Å². The molecule has 13 heteroatoms. The molecular weight excluding hydrogens is 576 g/mol. The number of amides is 1. The van der Waals surface area contributed by atoms with E-state index in [4.69, 9.17) is 28.4 Å². The second-order valence-corrected chi connectivity index (χ2v) is 12.8. The van der Waals surface area contributed by atoms with E-state index in [0.29, 0.717) is 39.5 Å². The number of nitrogens with zero attached hydrogens (tertiary/aromatic N) is 1. The largest absolute Gasteiger partial charge is 0.441 e. The maximum absolute atomic E-state index is 13.0. The molecule has 3 aliphatic rings. The first-order chi connectivity index (χ1) is 19.1. The highest BCUT2D eigenvalue weighted by atomic mass is 35.5. The van der Waals surface area contributed by atoms with E-state index in [0.717, 1.165) is 31.2 Å². The minimum atomic E-state index is -4.13. The van der Waals surface area contributed by atoms with Crippen molar-refractivity contribution in [2.75, 3.05) is 39.5 Å². The number of hydrogen-bond acceptors (Lipinski definition) is 10. The number of ether oxygens (including phenoxy) is 6. The minimum absolute atomic E-state index is 0. The van der Waals surface area contributed by atoms with Crippen molar-refractivity contribution in [3.05, 3.63) is 29.8 Å². The third-order valence-corrected chi connectivity index (χ3v) is 8.63. The molecule has 3 heterocycles. The Kier molecular flexibility index (Phi) is 12.7. The van der Waals surface area contributed by atoms with Crippen molar-refractivity contribution in [2.24, 2.45) is 0 Å². The predicted molar refractivity (Wildman–Crippen MR) is 153 cm³/mol. The summed E-state index contributed by atoms with van der Waals surface area (Å²) in [6.45, 7) is 10.9. The number of hydrogen-bond donors (Lipinski definition) is 1. The standard InChI is InChI=1S/C28H44N2O9S.ClH/c1-5-6-7-8-9-16-35-24-23(37-26-25(24)38-28(3,4)39-26)22(19-30-14-17-34-18-15-30)36-27(31)29-40(32,33)21-12-10-20(2)11-13-21;/h10-13,22-26H,5-9,14-19H2,1-4H3,(H,29,31);1H/t22?,23-,24+,25-,26-;/m1./s1. The molecule has 3 aliphatic heterocycles. The SMILES string of the molecule is CCCCCCCO[C@@H]1[C@H]2OC(C)(C)O[C@H]2O[C@@H]1C(CN1CCOCC1)OC(=O)NS(=O)(=O)c1ccc(C)cc1.Cl. The van der Waals surface area contributed by atoms with Crippen LogP contribution < -0.4 is 4.72 Å². The molecule has 1 unspecified atom stereocenters. The second-order valence-electron chi connectivity index (χ2n) is 11.1. The van der Waals surface area contributed by atoms with Gasteiger partial charge in [-0.25, -0.2) is 17.9 Å². The van der Waals surface area contributed by atoms with Crippen molar-refractivity contribution >= 4 is 28.5 Å². The molecule has 4 rings (SSSR count). The molecule has 0 spiro atoms. The van der Waals surface area contributed by atoms with E-state index in [1.54, 1.807) is 12.1 Å². The summed E-state index contributed by atoms with van der Waals surface area (Å²) in [7, 11) is -4.13. The summed E-state index contributed by atoms with van der Waals surface area (Å²) in [5.74, 6) is -0.844. The lowest BCUT2D eigenvalue weighted by molar-refractivity contribution is -0.230. The molecule has 1 aromatic carbocycles. The summed E-state index contributed by atoms with van der Waals surface area (Å²) in [6, 6.07) is 6.21. The highest BCUT2D eigenvalue weighted by Gasteiger charge is 2.58. The number of sulfonamides is 1. The van der Waals surface area contributed by atoms with Crippen LogP contribution >= 0.6 is 12.4 Å². The second kappa shape index (κ2) is 15.3. The van der Waals surface area contributed by atoms with Crippen LogP contribution in [0.1, 0.15) is 58.4 Å². The lowest BCUT2D eigenvalue weighted by Crippen LogP contribution is -2.52. The van der Waals surface area contributed by atoms with Crippen LogP contribution in [0.5, 0.6) is 0 Å². The molecule has 3 saturated heterocycles. The number of carbonyl (C=O) groups excluding carboxylic acids is 1. The van der Waals surface area contributed by atoms with Crippen LogP contribution in [0.2, 0.25) is 0 Å². The van der Waals surface area contributed by atoms with Gasteiger partial charge in [-0.05, 0) is 39.3 Å².